The molecular weight excluding hydrogens is 304 g/mol. The summed E-state index contributed by atoms with van der Waals surface area (Å²) in [7, 11) is 0. The van der Waals surface area contributed by atoms with E-state index in [0.717, 1.165) is 0 Å². The van der Waals surface area contributed by atoms with E-state index in [4.69, 9.17) is 58.0 Å². The van der Waals surface area contributed by atoms with Gasteiger partial charge in [0.05, 0.1) is 25.1 Å². The molecule has 0 amide bonds. The van der Waals surface area contributed by atoms with E-state index >= 15 is 0 Å². The maximum Gasteiger partial charge on any atom is 1.00 e. The van der Waals surface area contributed by atoms with Gasteiger partial charge < -0.3 is 5.11 Å². The molecule has 0 saturated carbocycles. The van der Waals surface area contributed by atoms with Crippen molar-refractivity contribution in [3.8, 4) is 5.75 Å². The molecule has 0 N–H and O–H groups in total. The summed E-state index contributed by atoms with van der Waals surface area (Å²) in [5, 5.41) is 10.5. The van der Waals surface area contributed by atoms with Crippen molar-refractivity contribution in [1.29, 1.82) is 0 Å². The standard InChI is InChI=1S/C6HCl5O.K/c7-1-2(8)4(10)6(12)5(11)3(1)9;/h12H;/q;+1/p-1. The quantitative estimate of drug-likeness (QED) is 0.399. The van der Waals surface area contributed by atoms with E-state index in [2.05, 4.69) is 0 Å². The third-order valence-electron chi connectivity index (χ3n) is 1.17. The largest absolute Gasteiger partial charge is 1.00 e. The summed E-state index contributed by atoms with van der Waals surface area (Å²) in [5.41, 5.74) is 0. The molecule has 0 saturated heterocycles. The Morgan fingerprint density at radius 1 is 0.615 bits per heavy atom. The van der Waals surface area contributed by atoms with Crippen LogP contribution in [0.4, 0.5) is 0 Å². The summed E-state index contributed by atoms with van der Waals surface area (Å²) in [6, 6.07) is 0. The van der Waals surface area contributed by atoms with Gasteiger partial charge in [-0.25, -0.2) is 0 Å². The molecule has 0 aliphatic heterocycles. The average Bonchev–Trinajstić information content (AvgIpc) is 2.08. The fraction of sp³-hybridized carbons (Fsp3) is 0. The zero-order valence-corrected chi connectivity index (χ0v) is 13.2. The van der Waals surface area contributed by atoms with Gasteiger partial charge in [0.25, 0.3) is 0 Å². The number of benzene rings is 1. The Morgan fingerprint density at radius 2 is 0.846 bits per heavy atom. The van der Waals surface area contributed by atoms with Crippen molar-refractivity contribution in [3.63, 3.8) is 0 Å². The summed E-state index contributed by atoms with van der Waals surface area (Å²) in [5.74, 6) is -0.613. The van der Waals surface area contributed by atoms with Gasteiger partial charge in [0.1, 0.15) is 0 Å². The number of rotatable bonds is 0. The van der Waals surface area contributed by atoms with Gasteiger partial charge in [-0.2, -0.15) is 0 Å². The molecule has 0 aromatic heterocycles. The first kappa shape index (κ1) is 15.1. The molecular formula is C6Cl5KO. The van der Waals surface area contributed by atoms with Crippen LogP contribution >= 0.6 is 58.0 Å². The molecule has 66 valence electrons. The molecule has 7 heteroatoms. The van der Waals surface area contributed by atoms with Crippen LogP contribution in [0.25, 0.3) is 0 Å². The van der Waals surface area contributed by atoms with Crippen LogP contribution in [0.2, 0.25) is 25.1 Å². The first-order valence-electron chi connectivity index (χ1n) is 2.65. The molecule has 0 heterocycles. The Bertz CT molecular complexity index is 235. The van der Waals surface area contributed by atoms with Crippen LogP contribution in [0.3, 0.4) is 0 Å². The van der Waals surface area contributed by atoms with Crippen LogP contribution in [-0.2, 0) is 0 Å². The number of halogens is 5. The van der Waals surface area contributed by atoms with E-state index in [9.17, 15) is 5.11 Å². The monoisotopic (exact) mass is 302 g/mol. The first-order chi connectivity index (χ1) is 5.46. The molecule has 0 atom stereocenters. The average molecular weight is 304 g/mol. The van der Waals surface area contributed by atoms with Crippen molar-refractivity contribution in [3.05, 3.63) is 25.1 Å². The first-order valence-corrected chi connectivity index (χ1v) is 4.54. The molecule has 0 radical (unpaired) electrons. The minimum atomic E-state index is -0.613. The van der Waals surface area contributed by atoms with Gasteiger partial charge in [-0.1, -0.05) is 63.8 Å². The van der Waals surface area contributed by atoms with Crippen molar-refractivity contribution in [2.75, 3.05) is 0 Å². The Morgan fingerprint density at radius 3 is 1.15 bits per heavy atom. The van der Waals surface area contributed by atoms with Crippen LogP contribution in [0, 0.1) is 0 Å². The topological polar surface area (TPSA) is 23.1 Å². The SMILES string of the molecule is [K+].[O-]c1c(Cl)c(Cl)c(Cl)c(Cl)c1Cl. The van der Waals surface area contributed by atoms with Crippen LogP contribution in [0.5, 0.6) is 5.75 Å². The van der Waals surface area contributed by atoms with Crippen molar-refractivity contribution < 1.29 is 56.5 Å². The van der Waals surface area contributed by atoms with Crippen molar-refractivity contribution in [2.24, 2.45) is 0 Å². The second kappa shape index (κ2) is 5.99. The van der Waals surface area contributed by atoms with Crippen molar-refractivity contribution in [2.45, 2.75) is 0 Å². The fourth-order valence-corrected chi connectivity index (χ4v) is 1.71. The maximum atomic E-state index is 11.1. The van der Waals surface area contributed by atoms with Crippen molar-refractivity contribution in [1.82, 2.24) is 0 Å². The normalized spacial score (nSPS) is 9.62. The predicted octanol–water partition coefficient (Wildman–Crippen LogP) is 1.03. The van der Waals surface area contributed by atoms with Gasteiger partial charge in [0.2, 0.25) is 0 Å². The van der Waals surface area contributed by atoms with E-state index < -0.39 is 5.75 Å². The van der Waals surface area contributed by atoms with Gasteiger partial charge in [-0.05, 0) is 0 Å². The van der Waals surface area contributed by atoms with Gasteiger partial charge in [0.15, 0.2) is 0 Å². The third-order valence-corrected chi connectivity index (χ3v) is 3.41. The number of hydrogen-bond acceptors (Lipinski definition) is 1. The Labute approximate surface area is 143 Å². The molecule has 0 unspecified atom stereocenters. The Kier molecular flexibility index (Phi) is 6.97. The zero-order valence-electron chi connectivity index (χ0n) is 6.30. The predicted molar refractivity (Wildman–Crippen MR) is 50.9 cm³/mol. The second-order valence-corrected chi connectivity index (χ2v) is 3.79. The molecule has 0 bridgehead atoms. The zero-order chi connectivity index (χ0) is 9.46. The maximum absolute atomic E-state index is 11.1. The summed E-state index contributed by atoms with van der Waals surface area (Å²) in [6.45, 7) is 0. The van der Waals surface area contributed by atoms with E-state index in [-0.39, 0.29) is 76.5 Å². The number of hydrogen-bond donors (Lipinski definition) is 0. The fourth-order valence-electron chi connectivity index (χ4n) is 0.585. The summed E-state index contributed by atoms with van der Waals surface area (Å²) in [6.07, 6.45) is 0. The summed E-state index contributed by atoms with van der Waals surface area (Å²) < 4.78 is 0. The molecule has 0 aliphatic rings. The molecule has 0 aliphatic carbocycles. The molecule has 1 nitrogen and oxygen atoms in total. The molecule has 0 fully saturated rings. The summed E-state index contributed by atoms with van der Waals surface area (Å²) >= 11 is 27.7. The minimum Gasteiger partial charge on any atom is -0.870 e. The molecule has 13 heavy (non-hydrogen) atoms. The summed E-state index contributed by atoms with van der Waals surface area (Å²) in [4.78, 5) is 0. The van der Waals surface area contributed by atoms with Gasteiger partial charge in [-0.15, -0.1) is 0 Å². The molecule has 1 rings (SSSR count). The molecule has 1 aromatic carbocycles. The Hall–Kier alpha value is 2.11. The second-order valence-electron chi connectivity index (χ2n) is 1.90. The minimum absolute atomic E-state index is 0. The molecule has 0 spiro atoms. The third kappa shape index (κ3) is 3.03. The van der Waals surface area contributed by atoms with Crippen LogP contribution < -0.4 is 56.5 Å². The van der Waals surface area contributed by atoms with Crippen LogP contribution in [0.1, 0.15) is 0 Å². The van der Waals surface area contributed by atoms with Crippen LogP contribution in [-0.4, -0.2) is 0 Å². The van der Waals surface area contributed by atoms with E-state index in [1.807, 2.05) is 0 Å². The smallest absolute Gasteiger partial charge is 0.870 e. The molecule has 1 aromatic rings. The van der Waals surface area contributed by atoms with Gasteiger partial charge in [0, 0.05) is 0 Å². The van der Waals surface area contributed by atoms with Gasteiger partial charge in [-0.3, -0.25) is 0 Å². The Balaban J connectivity index is 0.00000144. The van der Waals surface area contributed by atoms with E-state index in [0.29, 0.717) is 0 Å². The van der Waals surface area contributed by atoms with Crippen molar-refractivity contribution >= 4 is 58.0 Å². The van der Waals surface area contributed by atoms with E-state index in [1.165, 1.54) is 0 Å². The van der Waals surface area contributed by atoms with Crippen LogP contribution in [0.15, 0.2) is 0 Å². The van der Waals surface area contributed by atoms with E-state index in [1.54, 1.807) is 0 Å². The van der Waals surface area contributed by atoms with Gasteiger partial charge >= 0.3 is 51.4 Å².